The molecule has 1 saturated heterocycles. The Kier molecular flexibility index (Phi) is 5.26. The third kappa shape index (κ3) is 3.36. The average molecular weight is 382 g/mol. The van der Waals surface area contributed by atoms with Gasteiger partial charge < -0.3 is 19.7 Å². The summed E-state index contributed by atoms with van der Waals surface area (Å²) in [4.78, 5) is 24.8. The van der Waals surface area contributed by atoms with Crippen LogP contribution in [-0.4, -0.2) is 46.2 Å². The zero-order valence-electron chi connectivity index (χ0n) is 13.7. The predicted octanol–water partition coefficient (Wildman–Crippen LogP) is -0.453. The van der Waals surface area contributed by atoms with Gasteiger partial charge in [-0.15, -0.1) is 11.8 Å². The molecule has 3 atom stereocenters. The van der Waals surface area contributed by atoms with E-state index in [4.69, 9.17) is 4.74 Å². The number of pyridine rings is 1. The number of aromatic nitrogens is 1. The van der Waals surface area contributed by atoms with Gasteiger partial charge >= 0.3 is 0 Å². The molecular formula is C16H18N2O5S2. The first kappa shape index (κ1) is 18.1. The smallest absolute Gasteiger partial charge is 0.236 e. The zero-order chi connectivity index (χ0) is 18.1. The largest absolute Gasteiger partial charge is 0.543 e. The van der Waals surface area contributed by atoms with Crippen molar-refractivity contribution in [1.82, 2.24) is 4.90 Å². The Morgan fingerprint density at radius 1 is 1.60 bits per heavy atom. The number of aliphatic carboxylic acids is 1. The number of thioether (sulfide) groups is 2. The van der Waals surface area contributed by atoms with Gasteiger partial charge in [0.1, 0.15) is 5.37 Å². The van der Waals surface area contributed by atoms with Gasteiger partial charge in [-0.25, -0.2) is 4.57 Å². The number of β-lactam (4-membered cyclic amide) rings is 1. The van der Waals surface area contributed by atoms with Crippen LogP contribution in [0.25, 0.3) is 0 Å². The molecule has 1 amide bonds. The molecule has 0 radical (unpaired) electrons. The Morgan fingerprint density at radius 2 is 2.36 bits per heavy atom. The molecule has 134 valence electrons. The molecule has 9 heteroatoms. The average Bonchev–Trinajstić information content (AvgIpc) is 2.89. The standard InChI is InChI=1S/C16H18N2O5S2/c1-9(19)11-13(20)18-12(15(21)22)16(25-14(11)18)24-7-6-17-5-3-4-10(8-17)23-2/h3-5,8-9,11,14,19H,6-7H2,1-2H3/t9-,11+,14-/m1/s1. The van der Waals surface area contributed by atoms with Gasteiger partial charge in [-0.05, 0) is 13.0 Å². The number of methoxy groups -OCH3 is 1. The number of aryl methyl sites for hydroxylation is 1. The zero-order valence-corrected chi connectivity index (χ0v) is 15.4. The van der Waals surface area contributed by atoms with Crippen LogP contribution in [-0.2, 0) is 16.1 Å². The number of carboxylic acid groups (broad SMARTS) is 1. The van der Waals surface area contributed by atoms with E-state index in [0.717, 1.165) is 5.75 Å². The number of carbonyl (C=O) groups excluding carboxylic acids is 2. The monoisotopic (exact) mass is 382 g/mol. The number of aliphatic hydroxyl groups is 1. The Labute approximate surface area is 153 Å². The molecule has 1 aromatic rings. The van der Waals surface area contributed by atoms with Crippen molar-refractivity contribution in [2.24, 2.45) is 5.92 Å². The second-order valence-corrected chi connectivity index (χ2v) is 8.23. The van der Waals surface area contributed by atoms with E-state index in [9.17, 15) is 19.8 Å². The molecule has 0 aromatic carbocycles. The fourth-order valence-corrected chi connectivity index (χ4v) is 5.79. The van der Waals surface area contributed by atoms with Crippen molar-refractivity contribution in [2.75, 3.05) is 12.9 Å². The minimum Gasteiger partial charge on any atom is -0.543 e. The summed E-state index contributed by atoms with van der Waals surface area (Å²) in [6, 6.07) is 3.72. The maximum absolute atomic E-state index is 12.1. The topological polar surface area (TPSA) is 93.8 Å². The highest BCUT2D eigenvalue weighted by Crippen LogP contribution is 2.53. The number of ether oxygens (including phenoxy) is 1. The Bertz CT molecular complexity index is 737. The number of amides is 1. The second kappa shape index (κ2) is 7.27. The molecular weight excluding hydrogens is 364 g/mol. The molecule has 25 heavy (non-hydrogen) atoms. The maximum atomic E-state index is 12.1. The summed E-state index contributed by atoms with van der Waals surface area (Å²) < 4.78 is 7.68. The number of fused-ring (bicyclic) bond motifs is 1. The molecule has 7 nitrogen and oxygen atoms in total. The van der Waals surface area contributed by atoms with Crippen molar-refractivity contribution < 1.29 is 29.1 Å². The van der Waals surface area contributed by atoms with Crippen LogP contribution in [0.1, 0.15) is 6.92 Å². The van der Waals surface area contributed by atoms with Crippen LogP contribution in [0, 0.1) is 5.92 Å². The van der Waals surface area contributed by atoms with E-state index < -0.39 is 18.0 Å². The van der Waals surface area contributed by atoms with Gasteiger partial charge in [0.05, 0.1) is 40.8 Å². The van der Waals surface area contributed by atoms with Gasteiger partial charge in [0.25, 0.3) is 0 Å². The SMILES string of the molecule is COc1ccc[n+](CCSC2=C(C(=O)[O-])N3C(=O)[C@H]([C@@H](C)O)[C@H]3S2)c1. The normalized spacial score (nSPS) is 23.3. The van der Waals surface area contributed by atoms with E-state index in [-0.39, 0.29) is 17.0 Å². The lowest BCUT2D eigenvalue weighted by Gasteiger charge is -2.44. The first-order chi connectivity index (χ1) is 11.9. The fraction of sp³-hybridized carbons (Fsp3) is 0.438. The minimum absolute atomic E-state index is 0.0717. The van der Waals surface area contributed by atoms with Crippen LogP contribution in [0.5, 0.6) is 5.75 Å². The van der Waals surface area contributed by atoms with E-state index in [1.165, 1.54) is 28.4 Å². The lowest BCUT2D eigenvalue weighted by atomic mass is 9.92. The Hall–Kier alpha value is -1.71. The number of aliphatic hydroxyl groups excluding tert-OH is 1. The molecule has 1 aromatic heterocycles. The van der Waals surface area contributed by atoms with Crippen molar-refractivity contribution in [1.29, 1.82) is 0 Å². The van der Waals surface area contributed by atoms with E-state index in [1.807, 2.05) is 29.1 Å². The Balaban J connectivity index is 1.67. The number of hydrogen-bond donors (Lipinski definition) is 1. The van der Waals surface area contributed by atoms with Gasteiger partial charge in [-0.3, -0.25) is 9.69 Å². The van der Waals surface area contributed by atoms with Gasteiger partial charge in [-0.2, -0.15) is 0 Å². The maximum Gasteiger partial charge on any atom is 0.236 e. The Morgan fingerprint density at radius 3 is 3.00 bits per heavy atom. The summed E-state index contributed by atoms with van der Waals surface area (Å²) in [7, 11) is 1.60. The van der Waals surface area contributed by atoms with Crippen molar-refractivity contribution in [3.05, 3.63) is 34.5 Å². The first-order valence-electron chi connectivity index (χ1n) is 7.73. The van der Waals surface area contributed by atoms with Crippen molar-refractivity contribution >= 4 is 35.4 Å². The summed E-state index contributed by atoms with van der Waals surface area (Å²) in [5, 5.41) is 20.8. The molecule has 3 rings (SSSR count). The van der Waals surface area contributed by atoms with Crippen LogP contribution >= 0.6 is 23.5 Å². The molecule has 1 fully saturated rings. The summed E-state index contributed by atoms with van der Waals surface area (Å²) in [6.07, 6.45) is 2.95. The van der Waals surface area contributed by atoms with Crippen molar-refractivity contribution in [2.45, 2.75) is 24.9 Å². The molecule has 0 bridgehead atoms. The molecule has 0 aliphatic carbocycles. The number of rotatable bonds is 7. The van der Waals surface area contributed by atoms with E-state index in [2.05, 4.69) is 0 Å². The van der Waals surface area contributed by atoms with Crippen LogP contribution in [0.15, 0.2) is 34.5 Å². The van der Waals surface area contributed by atoms with E-state index >= 15 is 0 Å². The molecule has 2 aliphatic rings. The van der Waals surface area contributed by atoms with E-state index in [1.54, 1.807) is 14.0 Å². The van der Waals surface area contributed by atoms with Crippen molar-refractivity contribution in [3.63, 3.8) is 0 Å². The first-order valence-corrected chi connectivity index (χ1v) is 9.60. The molecule has 0 saturated carbocycles. The summed E-state index contributed by atoms with van der Waals surface area (Å²) >= 11 is 2.69. The quantitative estimate of drug-likeness (QED) is 0.504. The van der Waals surface area contributed by atoms with Gasteiger partial charge in [0.2, 0.25) is 12.1 Å². The number of hydrogen-bond acceptors (Lipinski definition) is 7. The number of carbonyl (C=O) groups is 2. The number of carboxylic acids is 1. The molecule has 0 spiro atoms. The second-order valence-electron chi connectivity index (χ2n) is 5.74. The van der Waals surface area contributed by atoms with Crippen LogP contribution in [0.4, 0.5) is 0 Å². The van der Waals surface area contributed by atoms with Crippen LogP contribution in [0.2, 0.25) is 0 Å². The van der Waals surface area contributed by atoms with Crippen molar-refractivity contribution in [3.8, 4) is 5.75 Å². The highest BCUT2D eigenvalue weighted by Gasteiger charge is 2.56. The molecule has 1 N–H and O–H groups in total. The lowest BCUT2D eigenvalue weighted by molar-refractivity contribution is -0.692. The lowest BCUT2D eigenvalue weighted by Crippen LogP contribution is -2.61. The summed E-state index contributed by atoms with van der Waals surface area (Å²) in [5.41, 5.74) is -0.0717. The minimum atomic E-state index is -1.36. The molecule has 0 unspecified atom stereocenters. The van der Waals surface area contributed by atoms with Gasteiger partial charge in [-0.1, -0.05) is 11.8 Å². The molecule has 2 aliphatic heterocycles. The summed E-state index contributed by atoms with van der Waals surface area (Å²) in [6.45, 7) is 2.20. The predicted molar refractivity (Wildman–Crippen MR) is 91.1 cm³/mol. The highest BCUT2D eigenvalue weighted by molar-refractivity contribution is 8.22. The summed E-state index contributed by atoms with van der Waals surface area (Å²) in [5.74, 6) is -0.907. The van der Waals surface area contributed by atoms with Gasteiger partial charge in [0.15, 0.2) is 18.5 Å². The third-order valence-corrected chi connectivity index (χ3v) is 6.75. The van der Waals surface area contributed by atoms with Gasteiger partial charge in [0, 0.05) is 6.07 Å². The number of nitrogens with zero attached hydrogens (tertiary/aromatic N) is 2. The fourth-order valence-electron chi connectivity index (χ4n) is 2.84. The van der Waals surface area contributed by atoms with E-state index in [0.29, 0.717) is 16.5 Å². The van der Waals surface area contributed by atoms with Crippen LogP contribution in [0.3, 0.4) is 0 Å². The highest BCUT2D eigenvalue weighted by atomic mass is 32.2. The van der Waals surface area contributed by atoms with Crippen LogP contribution < -0.4 is 14.4 Å². The molecule has 3 heterocycles. The third-order valence-electron chi connectivity index (χ3n) is 4.11.